The van der Waals surface area contributed by atoms with E-state index in [1.54, 1.807) is 0 Å². The van der Waals surface area contributed by atoms with Crippen molar-refractivity contribution in [1.29, 1.82) is 0 Å². The van der Waals surface area contributed by atoms with Gasteiger partial charge in [-0.3, -0.25) is 4.98 Å². The average molecular weight is 247 g/mol. The van der Waals surface area contributed by atoms with E-state index in [0.717, 1.165) is 18.2 Å². The van der Waals surface area contributed by atoms with Gasteiger partial charge in [-0.15, -0.1) is 0 Å². The van der Waals surface area contributed by atoms with Crippen LogP contribution in [0.3, 0.4) is 0 Å². The zero-order chi connectivity index (χ0) is 13.1. The summed E-state index contributed by atoms with van der Waals surface area (Å²) in [7, 11) is 1.99. The number of aryl methyl sites for hydroxylation is 1. The summed E-state index contributed by atoms with van der Waals surface area (Å²) in [6.45, 7) is 8.71. The van der Waals surface area contributed by atoms with E-state index in [4.69, 9.17) is 0 Å². The molecule has 100 valence electrons. The molecule has 1 aromatic rings. The minimum absolute atomic E-state index is 0.544. The largest absolute Gasteiger partial charge is 0.368 e. The molecule has 0 radical (unpaired) electrons. The molecule has 0 atom stereocenters. The van der Waals surface area contributed by atoms with Crippen LogP contribution in [0.15, 0.2) is 12.3 Å². The van der Waals surface area contributed by atoms with Crippen molar-refractivity contribution in [3.05, 3.63) is 23.5 Å². The number of pyridine rings is 1. The van der Waals surface area contributed by atoms with Gasteiger partial charge in [0.1, 0.15) is 0 Å². The molecule has 0 aromatic carbocycles. The molecule has 3 heteroatoms. The van der Waals surface area contributed by atoms with Crippen LogP contribution < -0.4 is 10.2 Å². The van der Waals surface area contributed by atoms with Gasteiger partial charge in [0, 0.05) is 42.3 Å². The summed E-state index contributed by atoms with van der Waals surface area (Å²) in [5.41, 5.74) is 3.77. The molecule has 0 unspecified atom stereocenters. The number of hydrogen-bond donors (Lipinski definition) is 1. The summed E-state index contributed by atoms with van der Waals surface area (Å²) in [6, 6.07) is 2.78. The normalized spacial score (nSPS) is 15.2. The van der Waals surface area contributed by atoms with Crippen LogP contribution in [-0.4, -0.2) is 24.6 Å². The Hall–Kier alpha value is -1.09. The van der Waals surface area contributed by atoms with Gasteiger partial charge in [-0.05, 0) is 52.6 Å². The summed E-state index contributed by atoms with van der Waals surface area (Å²) in [5, 5.41) is 3.24. The summed E-state index contributed by atoms with van der Waals surface area (Å²) < 4.78 is 0. The molecule has 0 saturated heterocycles. The van der Waals surface area contributed by atoms with Gasteiger partial charge in [0.2, 0.25) is 0 Å². The molecule has 2 rings (SSSR count). The van der Waals surface area contributed by atoms with Crippen molar-refractivity contribution in [3.8, 4) is 0 Å². The molecule has 1 fully saturated rings. The van der Waals surface area contributed by atoms with E-state index >= 15 is 0 Å². The maximum Gasteiger partial charge on any atom is 0.0447 e. The Morgan fingerprint density at radius 3 is 2.72 bits per heavy atom. The lowest BCUT2D eigenvalue weighted by Crippen LogP contribution is -2.34. The van der Waals surface area contributed by atoms with Gasteiger partial charge in [0.25, 0.3) is 0 Å². The maximum atomic E-state index is 4.43. The van der Waals surface area contributed by atoms with E-state index in [-0.39, 0.29) is 0 Å². The molecule has 1 heterocycles. The quantitative estimate of drug-likeness (QED) is 0.838. The van der Waals surface area contributed by atoms with Crippen LogP contribution >= 0.6 is 0 Å². The Balaban J connectivity index is 2.27. The van der Waals surface area contributed by atoms with Gasteiger partial charge < -0.3 is 10.2 Å². The second-order valence-electron chi connectivity index (χ2n) is 5.67. The highest BCUT2D eigenvalue weighted by atomic mass is 15.2. The minimum Gasteiger partial charge on any atom is -0.368 e. The summed E-state index contributed by atoms with van der Waals surface area (Å²) in [5.74, 6) is 0.906. The van der Waals surface area contributed by atoms with Crippen molar-refractivity contribution < 1.29 is 0 Å². The number of hydrogen-bond acceptors (Lipinski definition) is 3. The molecule has 1 aliphatic carbocycles. The van der Waals surface area contributed by atoms with Gasteiger partial charge >= 0.3 is 0 Å². The smallest absolute Gasteiger partial charge is 0.0447 e. The van der Waals surface area contributed by atoms with Crippen molar-refractivity contribution in [1.82, 2.24) is 10.3 Å². The molecule has 1 aliphatic rings. The molecule has 0 bridgehead atoms. The predicted molar refractivity (Wildman–Crippen MR) is 76.9 cm³/mol. The second-order valence-corrected chi connectivity index (χ2v) is 5.67. The third-order valence-corrected chi connectivity index (χ3v) is 3.55. The van der Waals surface area contributed by atoms with Gasteiger partial charge in [0.05, 0.1) is 0 Å². The van der Waals surface area contributed by atoms with E-state index in [0.29, 0.717) is 6.04 Å². The molecule has 1 aromatic heterocycles. The van der Waals surface area contributed by atoms with Crippen molar-refractivity contribution in [2.75, 3.05) is 18.5 Å². The second kappa shape index (κ2) is 5.70. The first-order valence-electron chi connectivity index (χ1n) is 6.98. The molecule has 18 heavy (non-hydrogen) atoms. The monoisotopic (exact) mass is 247 g/mol. The lowest BCUT2D eigenvalue weighted by molar-refractivity contribution is 0.638. The third kappa shape index (κ3) is 3.22. The topological polar surface area (TPSA) is 28.2 Å². The summed E-state index contributed by atoms with van der Waals surface area (Å²) in [4.78, 5) is 6.97. The minimum atomic E-state index is 0.544. The van der Waals surface area contributed by atoms with E-state index in [1.165, 1.54) is 30.6 Å². The zero-order valence-electron chi connectivity index (χ0n) is 12.0. The number of nitrogens with one attached hydrogen (secondary N) is 1. The summed E-state index contributed by atoms with van der Waals surface area (Å²) in [6.07, 6.45) is 4.81. The number of nitrogens with zero attached hydrogens (tertiary/aromatic N) is 2. The van der Waals surface area contributed by atoms with Crippen LogP contribution in [0.1, 0.15) is 37.9 Å². The van der Waals surface area contributed by atoms with Crippen LogP contribution in [0, 0.1) is 12.8 Å². The number of anilines is 1. The van der Waals surface area contributed by atoms with Gasteiger partial charge in [-0.2, -0.15) is 0 Å². The standard InChI is InChI=1S/C15H25N3/c1-11(2)18(10-13-5-6-13)15-7-12(3)17-9-14(15)8-16-4/h7,9,11,13,16H,5-6,8,10H2,1-4H3. The fourth-order valence-electron chi connectivity index (χ4n) is 2.33. The molecule has 0 spiro atoms. The molecule has 0 amide bonds. The highest BCUT2D eigenvalue weighted by Crippen LogP contribution is 2.33. The van der Waals surface area contributed by atoms with E-state index in [1.807, 2.05) is 13.2 Å². The van der Waals surface area contributed by atoms with E-state index < -0.39 is 0 Å². The van der Waals surface area contributed by atoms with E-state index in [2.05, 4.69) is 42.0 Å². The first-order valence-corrected chi connectivity index (χ1v) is 6.98. The van der Waals surface area contributed by atoms with Gasteiger partial charge in [0.15, 0.2) is 0 Å². The molecular weight excluding hydrogens is 222 g/mol. The predicted octanol–water partition coefficient (Wildman–Crippen LogP) is 2.73. The molecular formula is C15H25N3. The highest BCUT2D eigenvalue weighted by Gasteiger charge is 2.26. The van der Waals surface area contributed by atoms with E-state index in [9.17, 15) is 0 Å². The Kier molecular flexibility index (Phi) is 4.23. The molecule has 1 saturated carbocycles. The summed E-state index contributed by atoms with van der Waals surface area (Å²) >= 11 is 0. The highest BCUT2D eigenvalue weighted by molar-refractivity contribution is 5.54. The van der Waals surface area contributed by atoms with Crippen LogP contribution in [0.5, 0.6) is 0 Å². The Morgan fingerprint density at radius 1 is 1.44 bits per heavy atom. The van der Waals surface area contributed by atoms with Crippen LogP contribution in [-0.2, 0) is 6.54 Å². The average Bonchev–Trinajstić information content (AvgIpc) is 3.12. The number of rotatable bonds is 6. The Morgan fingerprint density at radius 2 is 2.17 bits per heavy atom. The van der Waals surface area contributed by atoms with Crippen LogP contribution in [0.2, 0.25) is 0 Å². The maximum absolute atomic E-state index is 4.43. The van der Waals surface area contributed by atoms with Crippen molar-refractivity contribution in [2.45, 2.75) is 46.2 Å². The SMILES string of the molecule is CNCc1cnc(C)cc1N(CC1CC1)C(C)C. The fourth-order valence-corrected chi connectivity index (χ4v) is 2.33. The Labute approximate surface area is 111 Å². The first kappa shape index (κ1) is 13.3. The lowest BCUT2D eigenvalue weighted by atomic mass is 10.1. The van der Waals surface area contributed by atoms with Crippen LogP contribution in [0.4, 0.5) is 5.69 Å². The van der Waals surface area contributed by atoms with Crippen molar-refractivity contribution >= 4 is 5.69 Å². The van der Waals surface area contributed by atoms with Crippen LogP contribution in [0.25, 0.3) is 0 Å². The van der Waals surface area contributed by atoms with Crippen molar-refractivity contribution in [3.63, 3.8) is 0 Å². The zero-order valence-corrected chi connectivity index (χ0v) is 12.0. The fraction of sp³-hybridized carbons (Fsp3) is 0.667. The first-order chi connectivity index (χ1) is 8.61. The molecule has 3 nitrogen and oxygen atoms in total. The lowest BCUT2D eigenvalue weighted by Gasteiger charge is -2.31. The van der Waals surface area contributed by atoms with Gasteiger partial charge in [-0.1, -0.05) is 0 Å². The molecule has 0 aliphatic heterocycles. The van der Waals surface area contributed by atoms with Gasteiger partial charge in [-0.25, -0.2) is 0 Å². The third-order valence-electron chi connectivity index (χ3n) is 3.55. The Bertz CT molecular complexity index is 397. The molecule has 1 N–H and O–H groups in total. The number of aromatic nitrogens is 1. The van der Waals surface area contributed by atoms with Crippen molar-refractivity contribution in [2.24, 2.45) is 5.92 Å².